The summed E-state index contributed by atoms with van der Waals surface area (Å²) >= 11 is 0. The highest BCUT2D eigenvalue weighted by Gasteiger charge is 2.55. The van der Waals surface area contributed by atoms with E-state index in [2.05, 4.69) is 0 Å². The van der Waals surface area contributed by atoms with E-state index >= 15 is 0 Å². The summed E-state index contributed by atoms with van der Waals surface area (Å²) < 4.78 is 26.9. The van der Waals surface area contributed by atoms with Gasteiger partial charge in [-0.1, -0.05) is 20.8 Å². The Morgan fingerprint density at radius 2 is 2.00 bits per heavy atom. The Morgan fingerprint density at radius 3 is 2.47 bits per heavy atom. The molecule has 0 aromatic carbocycles. The number of rotatable bonds is 1. The summed E-state index contributed by atoms with van der Waals surface area (Å²) in [6.07, 6.45) is 1.17. The van der Waals surface area contributed by atoms with Gasteiger partial charge in [0.25, 0.3) is 0 Å². The molecule has 0 aromatic rings. The summed E-state index contributed by atoms with van der Waals surface area (Å²) in [6.45, 7) is 8.52. The third-order valence-electron chi connectivity index (χ3n) is 3.57. The molecular weight excluding hydrogens is 196 g/mol. The normalized spacial score (nSPS) is 44.8. The Bertz CT molecular complexity index is 218. The standard InChI is InChI=1S/C10H17F2N.C2H6/c1-3-10-4-8(11)5-13(10)7-9(2,12)6-10;1-2/h8H,3-7H2,1-2H3;1-2H3/t8-,9?,10-;/m1./s1. The molecule has 2 rings (SSSR count). The van der Waals surface area contributed by atoms with Crippen molar-refractivity contribution in [2.45, 2.75) is 64.3 Å². The Balaban J connectivity index is 0.000000531. The van der Waals surface area contributed by atoms with E-state index in [1.165, 1.54) is 0 Å². The van der Waals surface area contributed by atoms with Crippen LogP contribution in [0.3, 0.4) is 0 Å². The second-order valence-electron chi connectivity index (χ2n) is 4.85. The molecule has 3 heteroatoms. The van der Waals surface area contributed by atoms with Crippen molar-refractivity contribution in [2.24, 2.45) is 0 Å². The zero-order valence-corrected chi connectivity index (χ0v) is 10.3. The topological polar surface area (TPSA) is 3.24 Å². The first kappa shape index (κ1) is 12.9. The van der Waals surface area contributed by atoms with Gasteiger partial charge in [-0.25, -0.2) is 8.78 Å². The maximum Gasteiger partial charge on any atom is 0.122 e. The van der Waals surface area contributed by atoms with Crippen LogP contribution >= 0.6 is 0 Å². The van der Waals surface area contributed by atoms with Crippen LogP contribution < -0.4 is 0 Å². The maximum atomic E-state index is 13.7. The van der Waals surface area contributed by atoms with Crippen molar-refractivity contribution in [3.8, 4) is 0 Å². The van der Waals surface area contributed by atoms with Crippen LogP contribution in [0.4, 0.5) is 8.78 Å². The Hall–Kier alpha value is -0.180. The molecule has 2 fully saturated rings. The molecule has 1 nitrogen and oxygen atoms in total. The average molecular weight is 219 g/mol. The number of alkyl halides is 2. The first-order valence-corrected chi connectivity index (χ1v) is 6.05. The van der Waals surface area contributed by atoms with Crippen LogP contribution in [0.2, 0.25) is 0 Å². The van der Waals surface area contributed by atoms with Crippen molar-refractivity contribution in [2.75, 3.05) is 13.1 Å². The second kappa shape index (κ2) is 4.36. The summed E-state index contributed by atoms with van der Waals surface area (Å²) in [5.74, 6) is 0. The fraction of sp³-hybridized carbons (Fsp3) is 1.00. The summed E-state index contributed by atoms with van der Waals surface area (Å²) in [5.41, 5.74) is -1.26. The molecule has 0 bridgehead atoms. The molecule has 2 aliphatic rings. The molecule has 2 heterocycles. The van der Waals surface area contributed by atoms with Crippen LogP contribution in [-0.2, 0) is 0 Å². The van der Waals surface area contributed by atoms with E-state index in [1.54, 1.807) is 6.92 Å². The molecule has 0 radical (unpaired) electrons. The molecule has 1 unspecified atom stereocenters. The van der Waals surface area contributed by atoms with Crippen LogP contribution in [0.5, 0.6) is 0 Å². The van der Waals surface area contributed by atoms with Gasteiger partial charge in [-0.15, -0.1) is 0 Å². The number of halogens is 2. The quantitative estimate of drug-likeness (QED) is 0.654. The van der Waals surface area contributed by atoms with Crippen LogP contribution in [0.1, 0.15) is 47.0 Å². The van der Waals surface area contributed by atoms with Gasteiger partial charge in [-0.3, -0.25) is 4.90 Å². The summed E-state index contributed by atoms with van der Waals surface area (Å²) in [4.78, 5) is 2.01. The molecule has 2 aliphatic heterocycles. The lowest BCUT2D eigenvalue weighted by Crippen LogP contribution is -2.37. The van der Waals surface area contributed by atoms with E-state index in [4.69, 9.17) is 0 Å². The monoisotopic (exact) mass is 219 g/mol. The number of fused-ring (bicyclic) bond motifs is 1. The van der Waals surface area contributed by atoms with Gasteiger partial charge < -0.3 is 0 Å². The predicted octanol–water partition coefficient (Wildman–Crippen LogP) is 3.34. The van der Waals surface area contributed by atoms with E-state index in [9.17, 15) is 8.78 Å². The first-order chi connectivity index (χ1) is 6.97. The highest BCUT2D eigenvalue weighted by atomic mass is 19.1. The minimum atomic E-state index is -1.10. The fourth-order valence-electron chi connectivity index (χ4n) is 3.09. The smallest absolute Gasteiger partial charge is 0.122 e. The minimum absolute atomic E-state index is 0.164. The van der Waals surface area contributed by atoms with Gasteiger partial charge in [0, 0.05) is 25.0 Å². The molecule has 0 aromatic heterocycles. The Morgan fingerprint density at radius 1 is 1.40 bits per heavy atom. The van der Waals surface area contributed by atoms with Gasteiger partial charge in [0.1, 0.15) is 11.8 Å². The van der Waals surface area contributed by atoms with Crippen molar-refractivity contribution in [1.82, 2.24) is 4.90 Å². The van der Waals surface area contributed by atoms with Gasteiger partial charge in [-0.2, -0.15) is 0 Å². The molecule has 3 atom stereocenters. The second-order valence-corrected chi connectivity index (χ2v) is 4.85. The zero-order valence-electron chi connectivity index (χ0n) is 10.3. The Labute approximate surface area is 91.8 Å². The van der Waals surface area contributed by atoms with Crippen molar-refractivity contribution < 1.29 is 8.78 Å². The average Bonchev–Trinajstić information content (AvgIpc) is 2.56. The van der Waals surface area contributed by atoms with Gasteiger partial charge in [0.2, 0.25) is 0 Å². The molecule has 90 valence electrons. The van der Waals surface area contributed by atoms with E-state index in [-0.39, 0.29) is 5.54 Å². The van der Waals surface area contributed by atoms with Crippen molar-refractivity contribution in [3.05, 3.63) is 0 Å². The zero-order chi connectivity index (χ0) is 11.7. The van der Waals surface area contributed by atoms with Gasteiger partial charge in [0.05, 0.1) is 0 Å². The summed E-state index contributed by atoms with van der Waals surface area (Å²) in [6, 6.07) is 0. The number of hydrogen-bond donors (Lipinski definition) is 0. The summed E-state index contributed by atoms with van der Waals surface area (Å²) in [7, 11) is 0. The summed E-state index contributed by atoms with van der Waals surface area (Å²) in [5, 5.41) is 0. The highest BCUT2D eigenvalue weighted by Crippen LogP contribution is 2.47. The molecule has 0 saturated carbocycles. The number of nitrogens with zero attached hydrogens (tertiary/aromatic N) is 1. The molecule has 2 saturated heterocycles. The van der Waals surface area contributed by atoms with Crippen LogP contribution in [0, 0.1) is 0 Å². The van der Waals surface area contributed by atoms with E-state index in [0.29, 0.717) is 25.9 Å². The fourth-order valence-corrected chi connectivity index (χ4v) is 3.09. The van der Waals surface area contributed by atoms with Crippen LogP contribution in [0.15, 0.2) is 0 Å². The van der Waals surface area contributed by atoms with Crippen molar-refractivity contribution in [1.29, 1.82) is 0 Å². The van der Waals surface area contributed by atoms with Gasteiger partial charge in [0.15, 0.2) is 0 Å². The predicted molar refractivity (Wildman–Crippen MR) is 59.6 cm³/mol. The molecular formula is C12H23F2N. The molecule has 15 heavy (non-hydrogen) atoms. The van der Waals surface area contributed by atoms with E-state index in [0.717, 1.165) is 6.42 Å². The molecule has 0 amide bonds. The first-order valence-electron chi connectivity index (χ1n) is 6.05. The van der Waals surface area contributed by atoms with E-state index < -0.39 is 11.8 Å². The lowest BCUT2D eigenvalue weighted by atomic mass is 9.87. The van der Waals surface area contributed by atoms with E-state index in [1.807, 2.05) is 25.7 Å². The van der Waals surface area contributed by atoms with Crippen molar-refractivity contribution >= 4 is 0 Å². The largest absolute Gasteiger partial charge is 0.291 e. The maximum absolute atomic E-state index is 13.7. The van der Waals surface area contributed by atoms with Gasteiger partial charge in [-0.05, 0) is 19.8 Å². The van der Waals surface area contributed by atoms with Gasteiger partial charge >= 0.3 is 0 Å². The van der Waals surface area contributed by atoms with Crippen LogP contribution in [0.25, 0.3) is 0 Å². The molecule has 0 spiro atoms. The van der Waals surface area contributed by atoms with Crippen LogP contribution in [-0.4, -0.2) is 35.4 Å². The molecule has 0 N–H and O–H groups in total. The van der Waals surface area contributed by atoms with Crippen molar-refractivity contribution in [3.63, 3.8) is 0 Å². The third-order valence-corrected chi connectivity index (χ3v) is 3.57. The molecule has 0 aliphatic carbocycles. The minimum Gasteiger partial charge on any atom is -0.291 e. The number of hydrogen-bond acceptors (Lipinski definition) is 1. The SMILES string of the molecule is CC.CC[C@]12C[C@@H](F)CN1CC(C)(F)C2. The lowest BCUT2D eigenvalue weighted by Gasteiger charge is -2.29. The lowest BCUT2D eigenvalue weighted by molar-refractivity contribution is 0.178. The Kier molecular flexibility index (Phi) is 3.75. The highest BCUT2D eigenvalue weighted by molar-refractivity contribution is 5.09. The third kappa shape index (κ3) is 2.32.